The Labute approximate surface area is 349 Å². The van der Waals surface area contributed by atoms with Crippen LogP contribution in [-0.2, 0) is 37.5 Å². The number of amides is 1. The molecule has 334 valence electrons. The molecule has 1 amide bonds. The fourth-order valence-electron chi connectivity index (χ4n) is 6.29. The summed E-state index contributed by atoms with van der Waals surface area (Å²) in [5.41, 5.74) is 0. The van der Waals surface area contributed by atoms with E-state index in [4.69, 9.17) is 18.5 Å². The van der Waals surface area contributed by atoms with Crippen LogP contribution in [0.4, 0.5) is 0 Å². The van der Waals surface area contributed by atoms with Crippen molar-refractivity contribution in [2.45, 2.75) is 226 Å². The minimum Gasteiger partial charge on any atom is -0.462 e. The van der Waals surface area contributed by atoms with E-state index >= 15 is 0 Å². The van der Waals surface area contributed by atoms with Crippen LogP contribution in [0, 0.1) is 0 Å². The molecule has 0 aromatic carbocycles. The molecule has 0 fully saturated rings. The van der Waals surface area contributed by atoms with E-state index in [1.54, 1.807) is 0 Å². The number of hydrogen-bond donors (Lipinski definition) is 2. The summed E-state index contributed by atoms with van der Waals surface area (Å²) < 4.78 is 33.5. The van der Waals surface area contributed by atoms with E-state index in [9.17, 15) is 23.8 Å². The predicted molar refractivity (Wildman–Crippen MR) is 234 cm³/mol. The maximum absolute atomic E-state index is 12.7. The van der Waals surface area contributed by atoms with E-state index in [0.29, 0.717) is 19.3 Å². The lowest BCUT2D eigenvalue weighted by Gasteiger charge is -2.20. The molecule has 0 heterocycles. The first-order chi connectivity index (χ1) is 27.7. The minimum absolute atomic E-state index is 0.0544. The van der Waals surface area contributed by atoms with Crippen LogP contribution in [0.5, 0.6) is 0 Å². The van der Waals surface area contributed by atoms with Gasteiger partial charge in [0.25, 0.3) is 0 Å². The largest absolute Gasteiger partial charge is 0.472 e. The van der Waals surface area contributed by atoms with Crippen LogP contribution < -0.4 is 5.32 Å². The summed E-state index contributed by atoms with van der Waals surface area (Å²) in [6, 6.07) is 0. The summed E-state index contributed by atoms with van der Waals surface area (Å²) in [4.78, 5) is 47.2. The van der Waals surface area contributed by atoms with Gasteiger partial charge in [0.2, 0.25) is 5.91 Å². The topological polar surface area (TPSA) is 137 Å². The summed E-state index contributed by atoms with van der Waals surface area (Å²) in [6.07, 6.45) is 40.8. The molecule has 0 saturated carbocycles. The molecular weight excluding hydrogens is 741 g/mol. The van der Waals surface area contributed by atoms with Gasteiger partial charge in [0.1, 0.15) is 6.61 Å². The summed E-state index contributed by atoms with van der Waals surface area (Å²) >= 11 is 0. The molecule has 2 unspecified atom stereocenters. The van der Waals surface area contributed by atoms with Gasteiger partial charge in [-0.05, 0) is 70.6 Å². The van der Waals surface area contributed by atoms with E-state index < -0.39 is 32.5 Å². The number of esters is 2. The Kier molecular flexibility index (Phi) is 40.7. The molecule has 10 nitrogen and oxygen atoms in total. The number of allylic oxidation sites excluding steroid dienone is 4. The molecular formula is C46H86NO9P. The van der Waals surface area contributed by atoms with Gasteiger partial charge in [0, 0.05) is 25.8 Å². The van der Waals surface area contributed by atoms with E-state index in [-0.39, 0.29) is 38.5 Å². The van der Waals surface area contributed by atoms with E-state index in [1.165, 1.54) is 89.9 Å². The Morgan fingerprint density at radius 1 is 0.526 bits per heavy atom. The van der Waals surface area contributed by atoms with Crippen LogP contribution in [0.1, 0.15) is 220 Å². The van der Waals surface area contributed by atoms with Crippen molar-refractivity contribution < 1.29 is 42.4 Å². The monoisotopic (exact) mass is 828 g/mol. The molecule has 0 spiro atoms. The molecule has 0 aliphatic carbocycles. The zero-order valence-electron chi connectivity index (χ0n) is 36.8. The predicted octanol–water partition coefficient (Wildman–Crippen LogP) is 13.0. The molecule has 0 aliphatic rings. The first-order valence-electron chi connectivity index (χ1n) is 23.3. The number of ether oxygens (including phenoxy) is 2. The molecule has 57 heavy (non-hydrogen) atoms. The van der Waals surface area contributed by atoms with Gasteiger partial charge in [0.05, 0.1) is 13.2 Å². The molecule has 0 aliphatic heterocycles. The molecule has 0 bridgehead atoms. The Bertz CT molecular complexity index is 1050. The summed E-state index contributed by atoms with van der Waals surface area (Å²) in [7, 11) is -4.51. The highest BCUT2D eigenvalue weighted by Gasteiger charge is 2.26. The van der Waals surface area contributed by atoms with Gasteiger partial charge in [-0.25, -0.2) is 4.57 Å². The molecule has 2 N–H and O–H groups in total. The number of phosphoric acid groups is 1. The zero-order chi connectivity index (χ0) is 41.9. The Hall–Kier alpha value is -2.00. The number of carbonyl (C=O) groups excluding carboxylic acids is 3. The maximum atomic E-state index is 12.7. The third-order valence-electron chi connectivity index (χ3n) is 9.87. The lowest BCUT2D eigenvalue weighted by molar-refractivity contribution is -0.161. The summed E-state index contributed by atoms with van der Waals surface area (Å²) in [5, 5.41) is 2.63. The average molecular weight is 828 g/mol. The van der Waals surface area contributed by atoms with Crippen molar-refractivity contribution in [3.05, 3.63) is 24.3 Å². The normalized spacial score (nSPS) is 13.3. The average Bonchev–Trinajstić information content (AvgIpc) is 3.19. The second kappa shape index (κ2) is 42.1. The molecule has 0 aromatic heterocycles. The van der Waals surface area contributed by atoms with Gasteiger partial charge in [-0.15, -0.1) is 0 Å². The smallest absolute Gasteiger partial charge is 0.462 e. The van der Waals surface area contributed by atoms with Gasteiger partial charge in [0.15, 0.2) is 6.10 Å². The third-order valence-corrected chi connectivity index (χ3v) is 10.9. The number of unbranched alkanes of at least 4 members (excludes halogenated alkanes) is 23. The van der Waals surface area contributed by atoms with Crippen LogP contribution in [0.3, 0.4) is 0 Å². The van der Waals surface area contributed by atoms with E-state index in [2.05, 4.69) is 43.5 Å². The molecule has 0 saturated heterocycles. The lowest BCUT2D eigenvalue weighted by atomic mass is 10.1. The van der Waals surface area contributed by atoms with Gasteiger partial charge in [-0.2, -0.15) is 0 Å². The van der Waals surface area contributed by atoms with Gasteiger partial charge >= 0.3 is 19.8 Å². The van der Waals surface area contributed by atoms with E-state index in [1.807, 2.05) is 6.92 Å². The highest BCUT2D eigenvalue weighted by Crippen LogP contribution is 2.43. The Balaban J connectivity index is 4.48. The summed E-state index contributed by atoms with van der Waals surface area (Å²) in [6.45, 7) is 5.55. The Morgan fingerprint density at radius 2 is 0.947 bits per heavy atom. The summed E-state index contributed by atoms with van der Waals surface area (Å²) in [5.74, 6) is -1.04. The SMILES string of the molecule is CCCCCCCC/C=C/CCCCCCCC(=O)OCC(COP(=O)(O)OCCNC(=O)CCCC)OC(=O)CCCCCCC/C=C/CCCCCCCC. The lowest BCUT2D eigenvalue weighted by Crippen LogP contribution is -2.30. The highest BCUT2D eigenvalue weighted by molar-refractivity contribution is 7.47. The molecule has 0 rings (SSSR count). The third kappa shape index (κ3) is 41.9. The van der Waals surface area contributed by atoms with Crippen LogP contribution in [-0.4, -0.2) is 55.2 Å². The van der Waals surface area contributed by atoms with Crippen molar-refractivity contribution in [3.63, 3.8) is 0 Å². The van der Waals surface area contributed by atoms with E-state index in [0.717, 1.165) is 77.0 Å². The van der Waals surface area contributed by atoms with Crippen LogP contribution in [0.2, 0.25) is 0 Å². The fourth-order valence-corrected chi connectivity index (χ4v) is 7.04. The van der Waals surface area contributed by atoms with Gasteiger partial charge in [-0.1, -0.05) is 154 Å². The second-order valence-corrected chi connectivity index (χ2v) is 17.0. The highest BCUT2D eigenvalue weighted by atomic mass is 31.2. The molecule has 11 heteroatoms. The van der Waals surface area contributed by atoms with Crippen LogP contribution in [0.25, 0.3) is 0 Å². The number of carbonyl (C=O) groups is 3. The zero-order valence-corrected chi connectivity index (χ0v) is 37.7. The second-order valence-electron chi connectivity index (χ2n) is 15.5. The molecule has 0 radical (unpaired) electrons. The van der Waals surface area contributed by atoms with Gasteiger partial charge in [-0.3, -0.25) is 23.4 Å². The van der Waals surface area contributed by atoms with Crippen molar-refractivity contribution in [2.75, 3.05) is 26.4 Å². The van der Waals surface area contributed by atoms with Crippen LogP contribution >= 0.6 is 7.82 Å². The van der Waals surface area contributed by atoms with Crippen molar-refractivity contribution in [2.24, 2.45) is 0 Å². The van der Waals surface area contributed by atoms with Crippen molar-refractivity contribution in [1.29, 1.82) is 0 Å². The maximum Gasteiger partial charge on any atom is 0.472 e. The standard InChI is InChI=1S/C46H86NO9P/c1-4-7-10-12-14-16-18-20-22-24-26-28-30-32-34-37-45(49)53-41-43(42-55-57(51,52)54-40-39-47-44(48)36-9-6-3)56-46(50)38-35-33-31-29-27-25-23-21-19-17-15-13-11-8-5-2/h20-23,43H,4-19,24-42H2,1-3H3,(H,47,48)(H,51,52)/b22-20+,23-21+. The molecule has 2 atom stereocenters. The van der Waals surface area contributed by atoms with Gasteiger partial charge < -0.3 is 19.7 Å². The Morgan fingerprint density at radius 3 is 1.42 bits per heavy atom. The fraction of sp³-hybridized carbons (Fsp3) is 0.848. The van der Waals surface area contributed by atoms with Crippen molar-refractivity contribution in [1.82, 2.24) is 5.32 Å². The number of phosphoric ester groups is 1. The molecule has 0 aromatic rings. The van der Waals surface area contributed by atoms with Crippen molar-refractivity contribution in [3.8, 4) is 0 Å². The first kappa shape index (κ1) is 55.0. The van der Waals surface area contributed by atoms with Crippen molar-refractivity contribution >= 4 is 25.7 Å². The first-order valence-corrected chi connectivity index (χ1v) is 24.8. The number of rotatable bonds is 43. The minimum atomic E-state index is -4.51. The quantitative estimate of drug-likeness (QED) is 0.0266. The van der Waals surface area contributed by atoms with Crippen LogP contribution in [0.15, 0.2) is 24.3 Å². The number of nitrogens with one attached hydrogen (secondary N) is 1. The number of hydrogen-bond acceptors (Lipinski definition) is 8.